The maximum atomic E-state index is 6.31. The fraction of sp³-hybridized carbons (Fsp3) is 0.200. The molecule has 0 radical (unpaired) electrons. The molecule has 0 amide bonds. The van der Waals surface area contributed by atoms with Crippen LogP contribution in [0.15, 0.2) is 45.3 Å². The van der Waals surface area contributed by atoms with Gasteiger partial charge >= 0.3 is 0 Å². The molecule has 0 bridgehead atoms. The van der Waals surface area contributed by atoms with Crippen molar-refractivity contribution in [2.75, 3.05) is 6.61 Å². The van der Waals surface area contributed by atoms with Crippen LogP contribution >= 0.6 is 43.5 Å². The van der Waals surface area contributed by atoms with Crippen LogP contribution in [0.25, 0.3) is 0 Å². The first-order chi connectivity index (χ1) is 9.54. The molecule has 106 valence electrons. The maximum absolute atomic E-state index is 6.31. The average molecular weight is 420 g/mol. The Bertz CT molecular complexity index is 619. The van der Waals surface area contributed by atoms with E-state index in [0.717, 1.165) is 25.8 Å². The monoisotopic (exact) mass is 417 g/mol. The summed E-state index contributed by atoms with van der Waals surface area (Å²) in [6.45, 7) is 2.58. The molecule has 2 aromatic carbocycles. The smallest absolute Gasteiger partial charge is 0.133 e. The highest BCUT2D eigenvalue weighted by Gasteiger charge is 2.15. The Morgan fingerprint density at radius 1 is 1.20 bits per heavy atom. The molecule has 2 rings (SSSR count). The lowest BCUT2D eigenvalue weighted by Gasteiger charge is -2.16. The van der Waals surface area contributed by atoms with Gasteiger partial charge in [0.2, 0.25) is 0 Å². The Labute approximate surface area is 140 Å². The van der Waals surface area contributed by atoms with E-state index in [1.54, 1.807) is 0 Å². The molecule has 0 aliphatic heterocycles. The lowest BCUT2D eigenvalue weighted by atomic mass is 9.99. The van der Waals surface area contributed by atoms with Gasteiger partial charge in [-0.2, -0.15) is 0 Å². The van der Waals surface area contributed by atoms with E-state index in [2.05, 4.69) is 31.9 Å². The molecule has 20 heavy (non-hydrogen) atoms. The van der Waals surface area contributed by atoms with Crippen molar-refractivity contribution in [1.29, 1.82) is 0 Å². The Hall–Kier alpha value is -0.550. The van der Waals surface area contributed by atoms with Gasteiger partial charge in [-0.05, 0) is 68.1 Å². The third-order valence-electron chi connectivity index (χ3n) is 2.93. The predicted molar refractivity (Wildman–Crippen MR) is 90.5 cm³/mol. The normalized spacial score (nSPS) is 12.2. The number of hydrogen-bond acceptors (Lipinski definition) is 2. The van der Waals surface area contributed by atoms with Crippen LogP contribution in [-0.2, 0) is 0 Å². The molecule has 0 aliphatic carbocycles. The van der Waals surface area contributed by atoms with Crippen molar-refractivity contribution < 1.29 is 4.74 Å². The summed E-state index contributed by atoms with van der Waals surface area (Å²) in [5.74, 6) is 0.809. The molecule has 0 saturated heterocycles. The van der Waals surface area contributed by atoms with E-state index in [9.17, 15) is 0 Å². The number of nitrogens with two attached hydrogens (primary N) is 1. The lowest BCUT2D eigenvalue weighted by molar-refractivity contribution is 0.338. The predicted octanol–water partition coefficient (Wildman–Crippen LogP) is 5.31. The van der Waals surface area contributed by atoms with E-state index < -0.39 is 0 Å². The van der Waals surface area contributed by atoms with Crippen molar-refractivity contribution in [2.24, 2.45) is 5.73 Å². The van der Waals surface area contributed by atoms with E-state index >= 15 is 0 Å². The van der Waals surface area contributed by atoms with Crippen LogP contribution in [0.4, 0.5) is 0 Å². The highest BCUT2D eigenvalue weighted by atomic mass is 79.9. The van der Waals surface area contributed by atoms with E-state index in [1.165, 1.54) is 0 Å². The summed E-state index contributed by atoms with van der Waals surface area (Å²) in [6.07, 6.45) is 0. The summed E-state index contributed by atoms with van der Waals surface area (Å²) in [4.78, 5) is 0. The molecule has 0 heterocycles. The molecule has 1 unspecified atom stereocenters. The zero-order chi connectivity index (χ0) is 14.7. The summed E-state index contributed by atoms with van der Waals surface area (Å²) >= 11 is 13.2. The maximum Gasteiger partial charge on any atom is 0.133 e. The molecule has 5 heteroatoms. The molecule has 0 aliphatic rings. The minimum Gasteiger partial charge on any atom is -0.493 e. The Kier molecular flexibility index (Phi) is 5.49. The second-order valence-corrected chi connectivity index (χ2v) is 6.33. The number of benzene rings is 2. The molecule has 1 atom stereocenters. The summed E-state index contributed by atoms with van der Waals surface area (Å²) in [7, 11) is 0. The van der Waals surface area contributed by atoms with Crippen molar-refractivity contribution >= 4 is 43.5 Å². The molecule has 0 fully saturated rings. The van der Waals surface area contributed by atoms with Crippen LogP contribution in [0.1, 0.15) is 24.1 Å². The first-order valence-electron chi connectivity index (χ1n) is 6.16. The van der Waals surface area contributed by atoms with Gasteiger partial charge in [0.1, 0.15) is 5.75 Å². The topological polar surface area (TPSA) is 35.2 Å². The summed E-state index contributed by atoms with van der Waals surface area (Å²) in [5, 5.41) is 0.644. The van der Waals surface area contributed by atoms with Crippen LogP contribution in [-0.4, -0.2) is 6.61 Å². The first-order valence-corrected chi connectivity index (χ1v) is 8.12. The third kappa shape index (κ3) is 3.37. The van der Waals surface area contributed by atoms with Gasteiger partial charge in [0.25, 0.3) is 0 Å². The van der Waals surface area contributed by atoms with Gasteiger partial charge in [0.05, 0.1) is 22.1 Å². The Morgan fingerprint density at radius 3 is 2.60 bits per heavy atom. The van der Waals surface area contributed by atoms with Crippen LogP contribution in [0.3, 0.4) is 0 Å². The van der Waals surface area contributed by atoms with Gasteiger partial charge in [0, 0.05) is 4.47 Å². The van der Waals surface area contributed by atoms with Gasteiger partial charge in [0.15, 0.2) is 0 Å². The largest absolute Gasteiger partial charge is 0.493 e. The van der Waals surface area contributed by atoms with E-state index in [0.29, 0.717) is 11.6 Å². The molecular weight excluding hydrogens is 405 g/mol. The van der Waals surface area contributed by atoms with E-state index in [4.69, 9.17) is 22.1 Å². The quantitative estimate of drug-likeness (QED) is 0.729. The van der Waals surface area contributed by atoms with Crippen molar-refractivity contribution in [2.45, 2.75) is 13.0 Å². The van der Waals surface area contributed by atoms with Crippen LogP contribution in [0.2, 0.25) is 5.02 Å². The van der Waals surface area contributed by atoms with Gasteiger partial charge in [-0.3, -0.25) is 0 Å². The van der Waals surface area contributed by atoms with Gasteiger partial charge in [-0.15, -0.1) is 0 Å². The van der Waals surface area contributed by atoms with Crippen LogP contribution in [0, 0.1) is 0 Å². The van der Waals surface area contributed by atoms with Gasteiger partial charge in [-0.1, -0.05) is 29.8 Å². The van der Waals surface area contributed by atoms with Gasteiger partial charge < -0.3 is 10.5 Å². The number of ether oxygens (including phenoxy) is 1. The minimum absolute atomic E-state index is 0.285. The van der Waals surface area contributed by atoms with Gasteiger partial charge in [-0.25, -0.2) is 0 Å². The summed E-state index contributed by atoms with van der Waals surface area (Å²) in [5.41, 5.74) is 8.17. The Balaban J connectivity index is 2.36. The highest BCUT2D eigenvalue weighted by molar-refractivity contribution is 9.10. The standard InChI is InChI=1S/C15H14Br2ClNO/c1-2-20-13-7-6-9(8-12(13)17)15(19)10-4-3-5-11(16)14(10)18/h3-8,15H,2,19H2,1H3. The molecule has 2 nitrogen and oxygen atoms in total. The van der Waals surface area contributed by atoms with Crippen molar-refractivity contribution in [3.63, 3.8) is 0 Å². The summed E-state index contributed by atoms with van der Waals surface area (Å²) < 4.78 is 7.23. The average Bonchev–Trinajstić information content (AvgIpc) is 2.43. The van der Waals surface area contributed by atoms with E-state index in [-0.39, 0.29) is 6.04 Å². The second kappa shape index (κ2) is 6.94. The lowest BCUT2D eigenvalue weighted by Crippen LogP contribution is -2.12. The van der Waals surface area contributed by atoms with Crippen molar-refractivity contribution in [3.05, 3.63) is 61.5 Å². The highest BCUT2D eigenvalue weighted by Crippen LogP contribution is 2.34. The number of rotatable bonds is 4. The van der Waals surface area contributed by atoms with Crippen LogP contribution < -0.4 is 10.5 Å². The van der Waals surface area contributed by atoms with Crippen molar-refractivity contribution in [3.8, 4) is 5.75 Å². The molecule has 0 saturated carbocycles. The zero-order valence-corrected chi connectivity index (χ0v) is 14.8. The van der Waals surface area contributed by atoms with E-state index in [1.807, 2.05) is 43.3 Å². The van der Waals surface area contributed by atoms with Crippen molar-refractivity contribution in [1.82, 2.24) is 0 Å². The molecular formula is C15H14Br2ClNO. The van der Waals surface area contributed by atoms with Crippen LogP contribution in [0.5, 0.6) is 5.75 Å². The fourth-order valence-electron chi connectivity index (χ4n) is 1.92. The molecule has 0 aromatic heterocycles. The Morgan fingerprint density at radius 2 is 1.95 bits per heavy atom. The second-order valence-electron chi connectivity index (χ2n) is 4.24. The third-order valence-corrected chi connectivity index (χ3v) is 4.86. The zero-order valence-electron chi connectivity index (χ0n) is 10.9. The molecule has 2 N–H and O–H groups in total. The summed E-state index contributed by atoms with van der Waals surface area (Å²) in [6, 6.07) is 11.3. The minimum atomic E-state index is -0.285. The fourth-order valence-corrected chi connectivity index (χ4v) is 3.06. The number of halogens is 3. The SMILES string of the molecule is CCOc1ccc(C(N)c2cccc(Br)c2Cl)cc1Br. The number of hydrogen-bond donors (Lipinski definition) is 1. The molecule has 2 aromatic rings. The first kappa shape index (κ1) is 15.8. The molecule has 0 spiro atoms.